The topological polar surface area (TPSA) is 73.2 Å². The number of hydrogen-bond donors (Lipinski definition) is 1. The van der Waals surface area contributed by atoms with E-state index in [1.54, 1.807) is 24.7 Å². The molecule has 0 saturated carbocycles. The van der Waals surface area contributed by atoms with Crippen molar-refractivity contribution in [1.82, 2.24) is 9.55 Å². The molecule has 0 aliphatic carbocycles. The van der Waals surface area contributed by atoms with Gasteiger partial charge >= 0.3 is 0 Å². The Labute approximate surface area is 203 Å². The summed E-state index contributed by atoms with van der Waals surface area (Å²) in [4.78, 5) is 31.5. The fourth-order valence-electron chi connectivity index (χ4n) is 3.73. The zero-order chi connectivity index (χ0) is 24.4. The highest BCUT2D eigenvalue weighted by atomic mass is 32.2. The number of thioether (sulfide) groups is 1. The van der Waals surface area contributed by atoms with Crippen LogP contribution in [0.3, 0.4) is 0 Å². The highest BCUT2D eigenvalue weighted by Crippen LogP contribution is 2.29. The molecule has 1 amide bonds. The van der Waals surface area contributed by atoms with E-state index in [2.05, 4.69) is 5.32 Å². The van der Waals surface area contributed by atoms with Gasteiger partial charge in [-0.25, -0.2) is 4.98 Å². The van der Waals surface area contributed by atoms with Crippen LogP contribution in [-0.4, -0.2) is 27.8 Å². The maximum absolute atomic E-state index is 13.6. The van der Waals surface area contributed by atoms with Crippen molar-refractivity contribution in [2.75, 3.05) is 12.4 Å². The van der Waals surface area contributed by atoms with Crippen molar-refractivity contribution < 1.29 is 9.53 Å². The highest BCUT2D eigenvalue weighted by molar-refractivity contribution is 8.00. The van der Waals surface area contributed by atoms with Gasteiger partial charge in [0.15, 0.2) is 5.16 Å². The number of rotatable bonds is 6. The SMILES string of the molecule is COc1ccc(C)cc1NC(=O)C(C)Sc1nc2ccccc2c(=O)n1-c1cc(C)ccc1C. The lowest BCUT2D eigenvalue weighted by atomic mass is 10.1. The van der Waals surface area contributed by atoms with Gasteiger partial charge in [0.1, 0.15) is 5.75 Å². The Bertz CT molecular complexity index is 1450. The lowest BCUT2D eigenvalue weighted by Gasteiger charge is -2.18. The summed E-state index contributed by atoms with van der Waals surface area (Å²) >= 11 is 1.25. The quantitative estimate of drug-likeness (QED) is 0.298. The molecule has 1 unspecified atom stereocenters. The molecule has 0 bridgehead atoms. The van der Waals surface area contributed by atoms with Crippen LogP contribution in [0.2, 0.25) is 0 Å². The van der Waals surface area contributed by atoms with Crippen LogP contribution in [0.4, 0.5) is 5.69 Å². The van der Waals surface area contributed by atoms with E-state index in [0.29, 0.717) is 27.5 Å². The van der Waals surface area contributed by atoms with Gasteiger partial charge in [0.05, 0.1) is 34.6 Å². The Balaban J connectivity index is 1.75. The van der Waals surface area contributed by atoms with Crippen molar-refractivity contribution in [2.45, 2.75) is 38.1 Å². The third-order valence-corrected chi connectivity index (χ3v) is 6.67. The molecular formula is C27H27N3O3S. The fourth-order valence-corrected chi connectivity index (χ4v) is 4.65. The predicted molar refractivity (Wildman–Crippen MR) is 138 cm³/mol. The third-order valence-electron chi connectivity index (χ3n) is 5.61. The molecule has 0 aliphatic heterocycles. The number of fused-ring (bicyclic) bond motifs is 1. The molecule has 0 saturated heterocycles. The summed E-state index contributed by atoms with van der Waals surface area (Å²) < 4.78 is 7.00. The molecule has 1 aromatic heterocycles. The summed E-state index contributed by atoms with van der Waals surface area (Å²) in [7, 11) is 1.57. The Morgan fingerprint density at radius 2 is 1.74 bits per heavy atom. The summed E-state index contributed by atoms with van der Waals surface area (Å²) in [5.74, 6) is 0.385. The van der Waals surface area contributed by atoms with Crippen molar-refractivity contribution in [2.24, 2.45) is 0 Å². The number of ether oxygens (including phenoxy) is 1. The molecule has 0 radical (unpaired) electrons. The van der Waals surface area contributed by atoms with E-state index in [4.69, 9.17) is 9.72 Å². The number of benzene rings is 3. The lowest BCUT2D eigenvalue weighted by molar-refractivity contribution is -0.115. The van der Waals surface area contributed by atoms with Crippen LogP contribution >= 0.6 is 11.8 Å². The molecule has 4 rings (SSSR count). The summed E-state index contributed by atoms with van der Waals surface area (Å²) in [6.07, 6.45) is 0. The molecule has 0 aliphatic rings. The highest BCUT2D eigenvalue weighted by Gasteiger charge is 2.22. The van der Waals surface area contributed by atoms with Gasteiger partial charge in [-0.2, -0.15) is 0 Å². The van der Waals surface area contributed by atoms with Crippen LogP contribution < -0.4 is 15.6 Å². The number of carbonyl (C=O) groups excluding carboxylic acids is 1. The maximum atomic E-state index is 13.6. The van der Waals surface area contributed by atoms with Crippen LogP contribution in [0.5, 0.6) is 5.75 Å². The number of aryl methyl sites for hydroxylation is 3. The normalized spacial score (nSPS) is 11.9. The number of hydrogen-bond acceptors (Lipinski definition) is 5. The van der Waals surface area contributed by atoms with E-state index >= 15 is 0 Å². The second-order valence-corrected chi connectivity index (χ2v) is 9.60. The minimum atomic E-state index is -0.519. The molecule has 0 fully saturated rings. The second kappa shape index (κ2) is 9.73. The number of carbonyl (C=O) groups is 1. The minimum Gasteiger partial charge on any atom is -0.495 e. The summed E-state index contributed by atoms with van der Waals surface area (Å²) in [6.45, 7) is 7.71. The van der Waals surface area contributed by atoms with E-state index in [1.807, 2.05) is 75.4 Å². The molecule has 7 heteroatoms. The summed E-state index contributed by atoms with van der Waals surface area (Å²) in [5.41, 5.74) is 4.81. The Morgan fingerprint density at radius 1 is 1.03 bits per heavy atom. The van der Waals surface area contributed by atoms with E-state index < -0.39 is 5.25 Å². The van der Waals surface area contributed by atoms with Crippen LogP contribution in [0.1, 0.15) is 23.6 Å². The molecule has 0 spiro atoms. The van der Waals surface area contributed by atoms with Gasteiger partial charge in [-0.3, -0.25) is 14.2 Å². The smallest absolute Gasteiger partial charge is 0.266 e. The van der Waals surface area contributed by atoms with Gasteiger partial charge in [0.2, 0.25) is 5.91 Å². The van der Waals surface area contributed by atoms with Gasteiger partial charge < -0.3 is 10.1 Å². The zero-order valence-electron chi connectivity index (χ0n) is 19.9. The average Bonchev–Trinajstić information content (AvgIpc) is 2.81. The minimum absolute atomic E-state index is 0.158. The predicted octanol–water partition coefficient (Wildman–Crippen LogP) is 5.44. The van der Waals surface area contributed by atoms with Crippen molar-refractivity contribution in [3.63, 3.8) is 0 Å². The Morgan fingerprint density at radius 3 is 2.50 bits per heavy atom. The van der Waals surface area contributed by atoms with E-state index in [-0.39, 0.29) is 11.5 Å². The maximum Gasteiger partial charge on any atom is 0.266 e. The fraction of sp³-hybridized carbons (Fsp3) is 0.222. The molecule has 1 heterocycles. The first-order chi connectivity index (χ1) is 16.3. The largest absolute Gasteiger partial charge is 0.495 e. The number of para-hydroxylation sites is 1. The van der Waals surface area contributed by atoms with Gasteiger partial charge in [0, 0.05) is 0 Å². The first kappa shape index (κ1) is 23.6. The van der Waals surface area contributed by atoms with Crippen LogP contribution in [-0.2, 0) is 4.79 Å². The first-order valence-electron chi connectivity index (χ1n) is 11.0. The molecule has 1 atom stereocenters. The second-order valence-electron chi connectivity index (χ2n) is 8.30. The lowest BCUT2D eigenvalue weighted by Crippen LogP contribution is -2.26. The molecule has 174 valence electrons. The van der Waals surface area contributed by atoms with Crippen molar-refractivity contribution in [3.05, 3.63) is 87.7 Å². The van der Waals surface area contributed by atoms with E-state index in [1.165, 1.54) is 11.8 Å². The van der Waals surface area contributed by atoms with Crippen molar-refractivity contribution in [3.8, 4) is 11.4 Å². The Kier molecular flexibility index (Phi) is 6.75. The Hall–Kier alpha value is -3.58. The monoisotopic (exact) mass is 473 g/mol. The number of amides is 1. The summed E-state index contributed by atoms with van der Waals surface area (Å²) in [6, 6.07) is 18.9. The molecule has 34 heavy (non-hydrogen) atoms. The van der Waals surface area contributed by atoms with Gasteiger partial charge in [0.25, 0.3) is 5.56 Å². The molecule has 6 nitrogen and oxygen atoms in total. The number of nitrogens with zero attached hydrogens (tertiary/aromatic N) is 2. The first-order valence-corrected chi connectivity index (χ1v) is 11.9. The number of aromatic nitrogens is 2. The molecule has 1 N–H and O–H groups in total. The molecule has 4 aromatic rings. The standard InChI is InChI=1S/C27H27N3O3S/c1-16-11-13-24(33-5)22(14-16)28-25(31)19(4)34-27-29-21-9-7-6-8-20(21)26(32)30(27)23-15-17(2)10-12-18(23)3/h6-15,19H,1-5H3,(H,28,31). The van der Waals surface area contributed by atoms with Gasteiger partial charge in [-0.15, -0.1) is 0 Å². The average molecular weight is 474 g/mol. The van der Waals surface area contributed by atoms with Crippen LogP contribution in [0.15, 0.2) is 70.6 Å². The molecule has 3 aromatic carbocycles. The number of anilines is 1. The van der Waals surface area contributed by atoms with Crippen LogP contribution in [0.25, 0.3) is 16.6 Å². The van der Waals surface area contributed by atoms with Crippen LogP contribution in [0, 0.1) is 20.8 Å². The van der Waals surface area contributed by atoms with Gasteiger partial charge in [-0.05, 0) is 74.7 Å². The van der Waals surface area contributed by atoms with E-state index in [0.717, 1.165) is 22.4 Å². The molecular weight excluding hydrogens is 446 g/mol. The van der Waals surface area contributed by atoms with Crippen molar-refractivity contribution >= 4 is 34.3 Å². The summed E-state index contributed by atoms with van der Waals surface area (Å²) in [5, 5.41) is 3.44. The van der Waals surface area contributed by atoms with E-state index in [9.17, 15) is 9.59 Å². The third kappa shape index (κ3) is 4.70. The number of methoxy groups -OCH3 is 1. The van der Waals surface area contributed by atoms with Gasteiger partial charge in [-0.1, -0.05) is 42.1 Å². The van der Waals surface area contributed by atoms with Crippen molar-refractivity contribution in [1.29, 1.82) is 0 Å². The zero-order valence-corrected chi connectivity index (χ0v) is 20.7. The number of nitrogens with one attached hydrogen (secondary N) is 1.